The molecule has 0 fully saturated rings. The number of aromatic nitrogens is 3. The Morgan fingerprint density at radius 3 is 2.88 bits per heavy atom. The minimum atomic E-state index is -3.86. The summed E-state index contributed by atoms with van der Waals surface area (Å²) in [5.41, 5.74) is 1.41. The molecular formula is C14H15BrN4O5S. The van der Waals surface area contributed by atoms with Crippen LogP contribution >= 0.6 is 15.9 Å². The number of rotatable bonds is 5. The quantitative estimate of drug-likeness (QED) is 0.647. The predicted molar refractivity (Wildman–Crippen MR) is 89.5 cm³/mol. The lowest BCUT2D eigenvalue weighted by atomic mass is 9.94. The van der Waals surface area contributed by atoms with Crippen molar-refractivity contribution in [2.75, 3.05) is 0 Å². The number of carboxylic acid groups (broad SMARTS) is 1. The highest BCUT2D eigenvalue weighted by Gasteiger charge is 2.29. The molecule has 0 spiro atoms. The van der Waals surface area contributed by atoms with Crippen LogP contribution in [0, 0.1) is 0 Å². The Kier molecular flexibility index (Phi) is 4.80. The minimum absolute atomic E-state index is 0.0813. The van der Waals surface area contributed by atoms with Crippen molar-refractivity contribution in [1.82, 2.24) is 19.5 Å². The highest BCUT2D eigenvalue weighted by molar-refractivity contribution is 9.10. The lowest BCUT2D eigenvalue weighted by molar-refractivity contribution is -0.137. The number of halogens is 1. The maximum atomic E-state index is 12.6. The summed E-state index contributed by atoms with van der Waals surface area (Å²) >= 11 is 3.04. The molecule has 0 radical (unpaired) electrons. The number of carboxylic acids is 1. The number of aromatic hydroxyl groups is 1. The molecule has 0 bridgehead atoms. The first-order chi connectivity index (χ1) is 11.8. The molecule has 1 aliphatic rings. The summed E-state index contributed by atoms with van der Waals surface area (Å²) in [4.78, 5) is 14.4. The molecule has 1 atom stereocenters. The maximum absolute atomic E-state index is 12.6. The van der Waals surface area contributed by atoms with Gasteiger partial charge in [0.2, 0.25) is 15.9 Å². The van der Waals surface area contributed by atoms with Gasteiger partial charge in [-0.1, -0.05) is 0 Å². The zero-order valence-electron chi connectivity index (χ0n) is 12.9. The number of hydrogen-bond acceptors (Lipinski definition) is 6. The molecule has 0 saturated carbocycles. The van der Waals surface area contributed by atoms with Crippen LogP contribution in [0.4, 0.5) is 0 Å². The molecular weight excluding hydrogens is 416 g/mol. The average Bonchev–Trinajstić information content (AvgIpc) is 2.93. The van der Waals surface area contributed by atoms with Gasteiger partial charge in [0.15, 0.2) is 0 Å². The molecule has 1 aliphatic carbocycles. The highest BCUT2D eigenvalue weighted by Crippen LogP contribution is 2.31. The molecule has 1 unspecified atom stereocenters. The van der Waals surface area contributed by atoms with Gasteiger partial charge in [-0.05, 0) is 41.3 Å². The van der Waals surface area contributed by atoms with Gasteiger partial charge in [0.05, 0.1) is 22.9 Å². The number of pyridine rings is 1. The molecule has 3 N–H and O–H groups in total. The molecule has 11 heteroatoms. The van der Waals surface area contributed by atoms with Gasteiger partial charge < -0.3 is 10.2 Å². The van der Waals surface area contributed by atoms with Gasteiger partial charge in [-0.25, -0.2) is 18.1 Å². The predicted octanol–water partition coefficient (Wildman–Crippen LogP) is 1.19. The minimum Gasteiger partial charge on any atom is -0.492 e. The number of hydrogen-bond donors (Lipinski definition) is 3. The molecule has 2 heterocycles. The topological polar surface area (TPSA) is 134 Å². The van der Waals surface area contributed by atoms with Crippen LogP contribution in [0.5, 0.6) is 5.88 Å². The molecule has 25 heavy (non-hydrogen) atoms. The van der Waals surface area contributed by atoms with Gasteiger partial charge >= 0.3 is 5.97 Å². The monoisotopic (exact) mass is 430 g/mol. The summed E-state index contributed by atoms with van der Waals surface area (Å²) in [6.07, 6.45) is 4.52. The van der Waals surface area contributed by atoms with E-state index in [1.807, 2.05) is 0 Å². The first-order valence-corrected chi connectivity index (χ1v) is 9.69. The van der Waals surface area contributed by atoms with Gasteiger partial charge in [0, 0.05) is 11.3 Å². The van der Waals surface area contributed by atoms with Crippen LogP contribution in [0.1, 0.15) is 30.1 Å². The molecule has 0 aliphatic heterocycles. The second-order valence-corrected chi connectivity index (χ2v) is 8.21. The molecule has 2 aromatic rings. The van der Waals surface area contributed by atoms with Crippen LogP contribution in [-0.2, 0) is 27.8 Å². The Morgan fingerprint density at radius 1 is 1.44 bits per heavy atom. The molecule has 134 valence electrons. The zero-order valence-corrected chi connectivity index (χ0v) is 15.3. The Labute approximate surface area is 151 Å². The summed E-state index contributed by atoms with van der Waals surface area (Å²) in [7, 11) is -3.86. The van der Waals surface area contributed by atoms with Gasteiger partial charge in [-0.2, -0.15) is 5.10 Å². The largest absolute Gasteiger partial charge is 0.492 e. The first kappa shape index (κ1) is 17.8. The molecule has 0 aromatic carbocycles. The van der Waals surface area contributed by atoms with Crippen molar-refractivity contribution in [1.29, 1.82) is 0 Å². The van der Waals surface area contributed by atoms with Crippen molar-refractivity contribution in [3.8, 4) is 5.88 Å². The van der Waals surface area contributed by atoms with Crippen LogP contribution in [0.25, 0.3) is 0 Å². The van der Waals surface area contributed by atoms with Gasteiger partial charge in [-0.15, -0.1) is 0 Å². The Morgan fingerprint density at radius 2 is 2.20 bits per heavy atom. The van der Waals surface area contributed by atoms with Crippen molar-refractivity contribution in [2.24, 2.45) is 0 Å². The van der Waals surface area contributed by atoms with E-state index in [1.54, 1.807) is 0 Å². The third kappa shape index (κ3) is 3.67. The summed E-state index contributed by atoms with van der Waals surface area (Å²) in [6.45, 7) is -0.260. The van der Waals surface area contributed by atoms with Crippen LogP contribution in [0.3, 0.4) is 0 Å². The molecule has 3 rings (SSSR count). The third-order valence-corrected chi connectivity index (χ3v) is 5.97. The van der Waals surface area contributed by atoms with Crippen LogP contribution < -0.4 is 4.72 Å². The van der Waals surface area contributed by atoms with E-state index >= 15 is 0 Å². The van der Waals surface area contributed by atoms with Crippen molar-refractivity contribution in [3.05, 3.63) is 34.2 Å². The van der Waals surface area contributed by atoms with E-state index in [9.17, 15) is 18.3 Å². The van der Waals surface area contributed by atoms with E-state index in [0.717, 1.165) is 11.9 Å². The van der Waals surface area contributed by atoms with E-state index in [2.05, 4.69) is 30.7 Å². The summed E-state index contributed by atoms with van der Waals surface area (Å²) < 4.78 is 29.3. The Bertz CT molecular complexity index is 927. The summed E-state index contributed by atoms with van der Waals surface area (Å²) in [5.74, 6) is -1.30. The first-order valence-electron chi connectivity index (χ1n) is 7.41. The Balaban J connectivity index is 1.88. The lowest BCUT2D eigenvalue weighted by Crippen LogP contribution is -2.31. The number of carbonyl (C=O) groups is 1. The van der Waals surface area contributed by atoms with Gasteiger partial charge in [0.25, 0.3) is 0 Å². The van der Waals surface area contributed by atoms with Gasteiger partial charge in [-0.3, -0.25) is 9.48 Å². The van der Waals surface area contributed by atoms with Crippen molar-refractivity contribution < 1.29 is 23.4 Å². The number of fused-ring (bicyclic) bond motifs is 1. The van der Waals surface area contributed by atoms with E-state index in [4.69, 9.17) is 5.11 Å². The number of nitrogens with zero attached hydrogens (tertiary/aromatic N) is 3. The number of aliphatic carboxylic acids is 1. The van der Waals surface area contributed by atoms with Crippen LogP contribution in [-0.4, -0.2) is 39.4 Å². The zero-order chi connectivity index (χ0) is 18.2. The van der Waals surface area contributed by atoms with Crippen molar-refractivity contribution in [3.63, 3.8) is 0 Å². The third-order valence-electron chi connectivity index (χ3n) is 3.95. The van der Waals surface area contributed by atoms with E-state index < -0.39 is 22.0 Å². The molecule has 2 aromatic heterocycles. The molecule has 9 nitrogen and oxygen atoms in total. The smallest absolute Gasteiger partial charge is 0.325 e. The second kappa shape index (κ2) is 6.73. The molecule has 0 amide bonds. The second-order valence-electron chi connectivity index (χ2n) is 5.64. The fraction of sp³-hybridized carbons (Fsp3) is 0.357. The fourth-order valence-corrected chi connectivity index (χ4v) is 4.54. The Hall–Kier alpha value is -1.98. The summed E-state index contributed by atoms with van der Waals surface area (Å²) in [5, 5.41) is 22.4. The number of sulfonamides is 1. The van der Waals surface area contributed by atoms with Gasteiger partial charge in [0.1, 0.15) is 11.4 Å². The molecule has 0 saturated heterocycles. The normalized spacial score (nSPS) is 17.2. The lowest BCUT2D eigenvalue weighted by Gasteiger charge is -2.24. The standard InChI is InChI=1S/C14H15BrN4O5S/c15-10-4-8(5-16-14(10)22)25(23,24)18-11-2-1-3-12-9(11)6-17-19(12)7-13(20)21/h4-6,11,18H,1-3,7H2,(H,16,22)(H,20,21). The maximum Gasteiger partial charge on any atom is 0.325 e. The van der Waals surface area contributed by atoms with Crippen molar-refractivity contribution in [2.45, 2.75) is 36.7 Å². The van der Waals surface area contributed by atoms with Crippen LogP contribution in [0.2, 0.25) is 0 Å². The number of nitrogens with one attached hydrogen (secondary N) is 1. The highest BCUT2D eigenvalue weighted by atomic mass is 79.9. The SMILES string of the molecule is O=C(O)Cn1ncc2c1CCCC2NS(=O)(=O)c1cnc(O)c(Br)c1. The summed E-state index contributed by atoms with van der Waals surface area (Å²) in [6, 6.07) is 0.770. The van der Waals surface area contributed by atoms with E-state index in [-0.39, 0.29) is 21.8 Å². The fourth-order valence-electron chi connectivity index (χ4n) is 2.82. The average molecular weight is 431 g/mol. The van der Waals surface area contributed by atoms with Crippen LogP contribution in [0.15, 0.2) is 27.8 Å². The van der Waals surface area contributed by atoms with E-state index in [0.29, 0.717) is 24.8 Å². The van der Waals surface area contributed by atoms with Crippen molar-refractivity contribution >= 4 is 31.9 Å². The van der Waals surface area contributed by atoms with E-state index in [1.165, 1.54) is 16.9 Å².